The molecule has 0 unspecified atom stereocenters. The van der Waals surface area contributed by atoms with Crippen molar-refractivity contribution >= 4 is 51.0 Å². The smallest absolute Gasteiger partial charge is 0.271 e. The van der Waals surface area contributed by atoms with Crippen molar-refractivity contribution in [2.75, 3.05) is 17.4 Å². The van der Waals surface area contributed by atoms with Gasteiger partial charge in [-0.3, -0.25) is 9.10 Å². The van der Waals surface area contributed by atoms with Gasteiger partial charge in [-0.2, -0.15) is 5.10 Å². The first kappa shape index (κ1) is 23.9. The molecule has 0 saturated carbocycles. The van der Waals surface area contributed by atoms with Crippen LogP contribution in [0.15, 0.2) is 65.8 Å². The highest BCUT2D eigenvalue weighted by atomic mass is 35.5. The largest absolute Gasteiger partial charge is 0.454 e. The number of anilines is 1. The molecule has 176 valence electrons. The molecule has 0 spiro atoms. The van der Waals surface area contributed by atoms with Crippen LogP contribution in [0.4, 0.5) is 5.69 Å². The van der Waals surface area contributed by atoms with Crippen LogP contribution in [0.3, 0.4) is 0 Å². The minimum Gasteiger partial charge on any atom is -0.454 e. The summed E-state index contributed by atoms with van der Waals surface area (Å²) in [5.74, 6) is 0.864. The number of benzene rings is 3. The SMILES string of the molecule is CS(=O)(=O)N(Cc1ccc(C(=O)NN=Cc2ccc3c(c2)OCO3)cc1)c1cccc(Cl)c1Cl. The average molecular weight is 520 g/mol. The Bertz CT molecular complexity index is 1360. The number of carbonyl (C=O) groups is 1. The third-order valence-corrected chi connectivity index (χ3v) is 6.85. The third-order valence-electron chi connectivity index (χ3n) is 4.92. The van der Waals surface area contributed by atoms with E-state index in [0.29, 0.717) is 22.6 Å². The van der Waals surface area contributed by atoms with E-state index in [9.17, 15) is 13.2 Å². The molecule has 3 aromatic carbocycles. The molecule has 3 aromatic rings. The molecule has 1 aliphatic heterocycles. The van der Waals surface area contributed by atoms with E-state index in [2.05, 4.69) is 10.5 Å². The minimum atomic E-state index is -3.65. The number of nitrogens with zero attached hydrogens (tertiary/aromatic N) is 2. The summed E-state index contributed by atoms with van der Waals surface area (Å²) in [6.07, 6.45) is 2.58. The predicted octanol–water partition coefficient (Wildman–Crippen LogP) is 4.45. The van der Waals surface area contributed by atoms with Crippen LogP contribution in [-0.2, 0) is 16.6 Å². The van der Waals surface area contributed by atoms with E-state index < -0.39 is 15.9 Å². The van der Waals surface area contributed by atoms with Crippen LogP contribution < -0.4 is 19.2 Å². The number of hydrogen-bond acceptors (Lipinski definition) is 6. The van der Waals surface area contributed by atoms with Crippen molar-refractivity contribution in [3.63, 3.8) is 0 Å². The normalized spacial score (nSPS) is 12.7. The fourth-order valence-corrected chi connectivity index (χ4v) is 4.56. The summed E-state index contributed by atoms with van der Waals surface area (Å²) in [6, 6.07) is 16.6. The number of fused-ring (bicyclic) bond motifs is 1. The van der Waals surface area contributed by atoms with Gasteiger partial charge in [0.2, 0.25) is 16.8 Å². The number of nitrogens with one attached hydrogen (secondary N) is 1. The standard InChI is InChI=1S/C23H19Cl2N3O5S/c1-34(30,31)28(19-4-2-3-18(24)22(19)25)13-15-5-8-17(9-6-15)23(29)27-26-12-16-7-10-20-21(11-16)33-14-32-20/h2-12H,13-14H2,1H3,(H,27,29). The van der Waals surface area contributed by atoms with Gasteiger partial charge in [0, 0.05) is 5.56 Å². The first-order chi connectivity index (χ1) is 16.2. The monoisotopic (exact) mass is 519 g/mol. The van der Waals surface area contributed by atoms with Gasteiger partial charge in [0.25, 0.3) is 5.91 Å². The Labute approximate surface area is 206 Å². The van der Waals surface area contributed by atoms with Gasteiger partial charge in [0.1, 0.15) is 0 Å². The summed E-state index contributed by atoms with van der Waals surface area (Å²) in [6.45, 7) is 0.194. The lowest BCUT2D eigenvalue weighted by Crippen LogP contribution is -2.29. The number of sulfonamides is 1. The summed E-state index contributed by atoms with van der Waals surface area (Å²) in [7, 11) is -3.65. The summed E-state index contributed by atoms with van der Waals surface area (Å²) in [5.41, 5.74) is 4.48. The number of halogens is 2. The Balaban J connectivity index is 1.43. The molecular formula is C23H19Cl2N3O5S. The third kappa shape index (κ3) is 5.44. The zero-order chi connectivity index (χ0) is 24.3. The highest BCUT2D eigenvalue weighted by Gasteiger charge is 2.21. The Hall–Kier alpha value is -3.27. The molecule has 0 saturated heterocycles. The fraction of sp³-hybridized carbons (Fsp3) is 0.130. The number of carbonyl (C=O) groups excluding carboxylic acids is 1. The minimum absolute atomic E-state index is 0.0169. The highest BCUT2D eigenvalue weighted by Crippen LogP contribution is 2.34. The number of hydrazone groups is 1. The second-order valence-electron chi connectivity index (χ2n) is 7.35. The lowest BCUT2D eigenvalue weighted by molar-refractivity contribution is 0.0955. The van der Waals surface area contributed by atoms with Crippen molar-refractivity contribution in [2.24, 2.45) is 5.10 Å². The lowest BCUT2D eigenvalue weighted by Gasteiger charge is -2.24. The van der Waals surface area contributed by atoms with Gasteiger partial charge in [0.05, 0.1) is 34.7 Å². The molecule has 0 aromatic heterocycles. The van der Waals surface area contributed by atoms with E-state index in [1.807, 2.05) is 0 Å². The van der Waals surface area contributed by atoms with Crippen LogP contribution >= 0.6 is 23.2 Å². The molecule has 4 rings (SSSR count). The summed E-state index contributed by atoms with van der Waals surface area (Å²) >= 11 is 12.3. The summed E-state index contributed by atoms with van der Waals surface area (Å²) in [4.78, 5) is 12.4. The maximum Gasteiger partial charge on any atom is 0.271 e. The van der Waals surface area contributed by atoms with Gasteiger partial charge in [-0.1, -0.05) is 41.4 Å². The molecule has 1 heterocycles. The van der Waals surface area contributed by atoms with Crippen molar-refractivity contribution in [1.82, 2.24) is 5.43 Å². The van der Waals surface area contributed by atoms with Crippen molar-refractivity contribution in [3.05, 3.63) is 87.4 Å². The number of hydrogen-bond donors (Lipinski definition) is 1. The second kappa shape index (κ2) is 9.92. The predicted molar refractivity (Wildman–Crippen MR) is 132 cm³/mol. The van der Waals surface area contributed by atoms with Gasteiger partial charge >= 0.3 is 0 Å². The highest BCUT2D eigenvalue weighted by molar-refractivity contribution is 7.92. The molecular weight excluding hydrogens is 501 g/mol. The molecule has 1 N–H and O–H groups in total. The van der Waals surface area contributed by atoms with E-state index >= 15 is 0 Å². The maximum atomic E-state index is 12.4. The lowest BCUT2D eigenvalue weighted by atomic mass is 10.1. The summed E-state index contributed by atoms with van der Waals surface area (Å²) < 4.78 is 36.5. The van der Waals surface area contributed by atoms with E-state index in [-0.39, 0.29) is 29.1 Å². The first-order valence-corrected chi connectivity index (χ1v) is 12.6. The summed E-state index contributed by atoms with van der Waals surface area (Å²) in [5, 5.41) is 4.36. The van der Waals surface area contributed by atoms with Crippen molar-refractivity contribution in [3.8, 4) is 11.5 Å². The molecule has 0 radical (unpaired) electrons. The van der Waals surface area contributed by atoms with Gasteiger partial charge in [-0.05, 0) is 53.6 Å². The second-order valence-corrected chi connectivity index (χ2v) is 10.0. The van der Waals surface area contributed by atoms with Gasteiger partial charge in [0.15, 0.2) is 11.5 Å². The van der Waals surface area contributed by atoms with E-state index in [1.165, 1.54) is 6.21 Å². The van der Waals surface area contributed by atoms with E-state index in [0.717, 1.165) is 16.1 Å². The molecule has 34 heavy (non-hydrogen) atoms. The molecule has 1 amide bonds. The van der Waals surface area contributed by atoms with Crippen LogP contribution in [0.25, 0.3) is 0 Å². The van der Waals surface area contributed by atoms with Crippen LogP contribution in [-0.4, -0.2) is 33.6 Å². The Morgan fingerprint density at radius 2 is 1.82 bits per heavy atom. The Morgan fingerprint density at radius 1 is 1.09 bits per heavy atom. The molecule has 0 bridgehead atoms. The van der Waals surface area contributed by atoms with Gasteiger partial charge in [-0.25, -0.2) is 13.8 Å². The molecule has 1 aliphatic rings. The number of amides is 1. The topological polar surface area (TPSA) is 97.3 Å². The van der Waals surface area contributed by atoms with Crippen molar-refractivity contribution < 1.29 is 22.7 Å². The van der Waals surface area contributed by atoms with Crippen molar-refractivity contribution in [2.45, 2.75) is 6.54 Å². The first-order valence-electron chi connectivity index (χ1n) is 9.96. The Morgan fingerprint density at radius 3 is 2.56 bits per heavy atom. The average Bonchev–Trinajstić information content (AvgIpc) is 3.27. The number of ether oxygens (including phenoxy) is 2. The number of rotatable bonds is 7. The van der Waals surface area contributed by atoms with Gasteiger partial charge in [-0.15, -0.1) is 0 Å². The fourth-order valence-electron chi connectivity index (χ4n) is 3.22. The van der Waals surface area contributed by atoms with Crippen LogP contribution in [0, 0.1) is 0 Å². The van der Waals surface area contributed by atoms with E-state index in [1.54, 1.807) is 60.7 Å². The maximum absolute atomic E-state index is 12.4. The molecule has 11 heteroatoms. The zero-order valence-corrected chi connectivity index (χ0v) is 20.2. The van der Waals surface area contributed by atoms with Crippen LogP contribution in [0.2, 0.25) is 10.0 Å². The molecule has 0 aliphatic carbocycles. The van der Waals surface area contributed by atoms with Gasteiger partial charge < -0.3 is 9.47 Å². The zero-order valence-electron chi connectivity index (χ0n) is 17.9. The molecule has 8 nitrogen and oxygen atoms in total. The Kier molecular flexibility index (Phi) is 6.97. The van der Waals surface area contributed by atoms with Crippen molar-refractivity contribution in [1.29, 1.82) is 0 Å². The molecule has 0 fully saturated rings. The van der Waals surface area contributed by atoms with Crippen LogP contribution in [0.5, 0.6) is 11.5 Å². The molecule has 0 atom stereocenters. The van der Waals surface area contributed by atoms with Crippen LogP contribution in [0.1, 0.15) is 21.5 Å². The van der Waals surface area contributed by atoms with E-state index in [4.69, 9.17) is 32.7 Å². The quantitative estimate of drug-likeness (QED) is 0.367.